The summed E-state index contributed by atoms with van der Waals surface area (Å²) >= 11 is 0. The average molecular weight is 467 g/mol. The fourth-order valence-electron chi connectivity index (χ4n) is 4.08. The van der Waals surface area contributed by atoms with Crippen LogP contribution in [0.4, 0.5) is 18.9 Å². The smallest absolute Gasteiger partial charge is 0.389 e. The minimum absolute atomic E-state index is 0.241. The number of nitrogens with zero attached hydrogens (tertiary/aromatic N) is 1. The number of allylic oxidation sites excluding steroid dienone is 1. The van der Waals surface area contributed by atoms with Gasteiger partial charge in [-0.15, -0.1) is 0 Å². The van der Waals surface area contributed by atoms with Gasteiger partial charge >= 0.3 is 6.18 Å². The van der Waals surface area contributed by atoms with E-state index in [0.29, 0.717) is 17.9 Å². The highest BCUT2D eigenvalue weighted by Crippen LogP contribution is 2.47. The summed E-state index contributed by atoms with van der Waals surface area (Å²) in [6.45, 7) is 6.14. The molecule has 1 saturated heterocycles. The first kappa shape index (κ1) is 24.6. The van der Waals surface area contributed by atoms with Gasteiger partial charge in [-0.1, -0.05) is 19.9 Å². The maximum atomic E-state index is 13.2. The molecule has 2 amide bonds. The molecule has 10 heteroatoms. The van der Waals surface area contributed by atoms with Crippen molar-refractivity contribution < 1.29 is 32.3 Å². The van der Waals surface area contributed by atoms with Crippen LogP contribution in [0.25, 0.3) is 0 Å². The van der Waals surface area contributed by atoms with Crippen molar-refractivity contribution in [2.75, 3.05) is 18.6 Å². The Morgan fingerprint density at radius 1 is 1.30 bits per heavy atom. The molecule has 1 unspecified atom stereocenters. The number of methoxy groups -OCH3 is 1. The molecule has 180 valence electrons. The zero-order valence-electron chi connectivity index (χ0n) is 19.0. The molecule has 0 radical (unpaired) electrons. The molecule has 1 fully saturated rings. The molecule has 1 aromatic carbocycles. The van der Waals surface area contributed by atoms with Crippen LogP contribution in [0.15, 0.2) is 30.0 Å². The first-order valence-electron chi connectivity index (χ1n) is 10.7. The summed E-state index contributed by atoms with van der Waals surface area (Å²) in [7, 11) is 1.54. The number of rotatable bonds is 6. The number of hydrogen-bond acceptors (Lipinski definition) is 5. The average Bonchev–Trinajstić information content (AvgIpc) is 2.96. The van der Waals surface area contributed by atoms with Gasteiger partial charge in [-0.2, -0.15) is 13.2 Å². The minimum atomic E-state index is -4.46. The maximum Gasteiger partial charge on any atom is 0.389 e. The van der Waals surface area contributed by atoms with E-state index in [0.717, 1.165) is 17.8 Å². The summed E-state index contributed by atoms with van der Waals surface area (Å²) in [4.78, 5) is 39.8. The molecular weight excluding hydrogens is 439 g/mol. The predicted molar refractivity (Wildman–Crippen MR) is 116 cm³/mol. The lowest BCUT2D eigenvalue weighted by atomic mass is 9.88. The third-order valence-electron chi connectivity index (χ3n) is 6.04. The molecule has 0 bridgehead atoms. The number of halogens is 3. The molecule has 0 saturated carbocycles. The number of amides is 2. The van der Waals surface area contributed by atoms with E-state index in [-0.39, 0.29) is 11.2 Å². The summed E-state index contributed by atoms with van der Waals surface area (Å²) in [5, 5.41) is 4.92. The topological polar surface area (TPSA) is 87.7 Å². The van der Waals surface area contributed by atoms with Crippen molar-refractivity contribution in [2.45, 2.75) is 58.3 Å². The van der Waals surface area contributed by atoms with Crippen molar-refractivity contribution >= 4 is 23.3 Å². The molecule has 3 rings (SSSR count). The Morgan fingerprint density at radius 3 is 2.64 bits per heavy atom. The first-order chi connectivity index (χ1) is 15.3. The van der Waals surface area contributed by atoms with E-state index in [1.54, 1.807) is 12.1 Å². The van der Waals surface area contributed by atoms with Gasteiger partial charge < -0.3 is 20.3 Å². The van der Waals surface area contributed by atoms with Crippen LogP contribution in [-0.2, 0) is 14.4 Å². The number of anilines is 1. The Morgan fingerprint density at radius 2 is 2.00 bits per heavy atom. The molecule has 0 aliphatic carbocycles. The van der Waals surface area contributed by atoms with E-state index in [2.05, 4.69) is 10.6 Å². The second kappa shape index (κ2) is 9.07. The van der Waals surface area contributed by atoms with Gasteiger partial charge in [0.25, 0.3) is 0 Å². The standard InChI is InChI=1S/C23H28F3N3O4/c1-13(27-19(31)7-8-23(24,25)26)21(32)28-20-15-6-5-14(33-4)11-16(15)29-10-9-22(2,3)18(29)12-17(20)30/h5-6,11-13,20H,7-10H2,1-4H3,(H,27,31)(H,28,32)/t13?,20-/m1/s1. The van der Waals surface area contributed by atoms with Crippen LogP contribution >= 0.6 is 0 Å². The fraction of sp³-hybridized carbons (Fsp3) is 0.522. The van der Waals surface area contributed by atoms with Gasteiger partial charge in [-0.3, -0.25) is 14.4 Å². The van der Waals surface area contributed by atoms with Crippen LogP contribution in [0.3, 0.4) is 0 Å². The number of fused-ring (bicyclic) bond motifs is 3. The zero-order valence-corrected chi connectivity index (χ0v) is 19.0. The van der Waals surface area contributed by atoms with Gasteiger partial charge in [0.05, 0.1) is 19.2 Å². The Labute approximate surface area is 190 Å². The van der Waals surface area contributed by atoms with Gasteiger partial charge in [0, 0.05) is 41.8 Å². The number of hydrogen-bond donors (Lipinski definition) is 2. The van der Waals surface area contributed by atoms with E-state index in [4.69, 9.17) is 4.74 Å². The third kappa shape index (κ3) is 5.48. The maximum absolute atomic E-state index is 13.2. The molecule has 33 heavy (non-hydrogen) atoms. The van der Waals surface area contributed by atoms with E-state index >= 15 is 0 Å². The van der Waals surface area contributed by atoms with Crippen LogP contribution in [-0.4, -0.2) is 43.5 Å². The Kier molecular flexibility index (Phi) is 6.76. The fourth-order valence-corrected chi connectivity index (χ4v) is 4.08. The second-order valence-electron chi connectivity index (χ2n) is 8.99. The molecule has 0 aromatic heterocycles. The third-order valence-corrected chi connectivity index (χ3v) is 6.04. The molecule has 2 atom stereocenters. The largest absolute Gasteiger partial charge is 0.497 e. The lowest BCUT2D eigenvalue weighted by Gasteiger charge is -2.27. The second-order valence-corrected chi connectivity index (χ2v) is 8.99. The lowest BCUT2D eigenvalue weighted by Crippen LogP contribution is -2.47. The summed E-state index contributed by atoms with van der Waals surface area (Å²) in [5.74, 6) is -1.28. The highest BCUT2D eigenvalue weighted by Gasteiger charge is 2.41. The summed E-state index contributed by atoms with van der Waals surface area (Å²) in [6, 6.07) is 3.09. The van der Waals surface area contributed by atoms with E-state index in [1.165, 1.54) is 20.1 Å². The number of alkyl halides is 3. The molecule has 2 aliphatic rings. The Hall–Kier alpha value is -3.04. The Balaban J connectivity index is 1.83. The molecule has 2 heterocycles. The van der Waals surface area contributed by atoms with Crippen LogP contribution in [0.1, 0.15) is 51.6 Å². The van der Waals surface area contributed by atoms with Crippen molar-refractivity contribution in [3.05, 3.63) is 35.5 Å². The normalized spacial score (nSPS) is 20.2. The minimum Gasteiger partial charge on any atom is -0.497 e. The SMILES string of the molecule is COc1ccc2c(c1)N1CCC(C)(C)C1=CC(=O)[C@@H]2NC(=O)C(C)NC(=O)CCC(F)(F)F. The van der Waals surface area contributed by atoms with Crippen molar-refractivity contribution in [2.24, 2.45) is 5.41 Å². The number of carbonyl (C=O) groups is 3. The summed E-state index contributed by atoms with van der Waals surface area (Å²) < 4.78 is 42.3. The van der Waals surface area contributed by atoms with E-state index in [9.17, 15) is 27.6 Å². The number of ether oxygens (including phenoxy) is 1. The van der Waals surface area contributed by atoms with Crippen molar-refractivity contribution in [1.82, 2.24) is 10.6 Å². The first-order valence-corrected chi connectivity index (χ1v) is 10.7. The summed E-state index contributed by atoms with van der Waals surface area (Å²) in [6.07, 6.45) is -4.13. The van der Waals surface area contributed by atoms with Gasteiger partial charge in [0.1, 0.15) is 17.8 Å². The quantitative estimate of drug-likeness (QED) is 0.670. The van der Waals surface area contributed by atoms with E-state index < -0.39 is 42.9 Å². The highest BCUT2D eigenvalue weighted by atomic mass is 19.4. The van der Waals surface area contributed by atoms with Crippen molar-refractivity contribution in [1.29, 1.82) is 0 Å². The number of nitrogens with one attached hydrogen (secondary N) is 2. The lowest BCUT2D eigenvalue weighted by molar-refractivity contribution is -0.144. The van der Waals surface area contributed by atoms with Gasteiger partial charge in [-0.25, -0.2) is 0 Å². The monoisotopic (exact) mass is 467 g/mol. The number of benzene rings is 1. The van der Waals surface area contributed by atoms with Gasteiger partial charge in [0.2, 0.25) is 11.8 Å². The highest BCUT2D eigenvalue weighted by molar-refractivity contribution is 6.02. The molecular formula is C23H28F3N3O4. The molecule has 0 spiro atoms. The van der Waals surface area contributed by atoms with Crippen LogP contribution in [0.2, 0.25) is 0 Å². The Bertz CT molecular complexity index is 988. The van der Waals surface area contributed by atoms with Gasteiger partial charge in [-0.05, 0) is 19.4 Å². The molecule has 2 aliphatic heterocycles. The van der Waals surface area contributed by atoms with Crippen molar-refractivity contribution in [3.8, 4) is 5.75 Å². The number of carbonyl (C=O) groups excluding carboxylic acids is 3. The van der Waals surface area contributed by atoms with E-state index in [1.807, 2.05) is 24.8 Å². The predicted octanol–water partition coefficient (Wildman–Crippen LogP) is 3.40. The van der Waals surface area contributed by atoms with Gasteiger partial charge in [0.15, 0.2) is 5.78 Å². The zero-order chi connectivity index (χ0) is 24.6. The van der Waals surface area contributed by atoms with Crippen molar-refractivity contribution in [3.63, 3.8) is 0 Å². The van der Waals surface area contributed by atoms with Crippen LogP contribution < -0.4 is 20.3 Å². The summed E-state index contributed by atoms with van der Waals surface area (Å²) in [5.41, 5.74) is 1.92. The molecule has 2 N–H and O–H groups in total. The molecule has 7 nitrogen and oxygen atoms in total. The van der Waals surface area contributed by atoms with Crippen LogP contribution in [0, 0.1) is 5.41 Å². The molecule has 1 aromatic rings. The number of ketones is 1. The van der Waals surface area contributed by atoms with Crippen LogP contribution in [0.5, 0.6) is 5.75 Å².